The van der Waals surface area contributed by atoms with Crippen molar-refractivity contribution in [2.24, 2.45) is 0 Å². The van der Waals surface area contributed by atoms with E-state index >= 15 is 0 Å². The Morgan fingerprint density at radius 3 is 2.24 bits per heavy atom. The normalized spacial score (nSPS) is 12.7. The van der Waals surface area contributed by atoms with Crippen molar-refractivity contribution in [1.29, 1.82) is 0 Å². The molecule has 3 amide bonds. The molecule has 0 aliphatic rings. The summed E-state index contributed by atoms with van der Waals surface area (Å²) in [5.41, 5.74) is 3.02. The van der Waals surface area contributed by atoms with Gasteiger partial charge in [-0.25, -0.2) is 4.79 Å². The summed E-state index contributed by atoms with van der Waals surface area (Å²) in [6.07, 6.45) is 0.119. The predicted octanol–water partition coefficient (Wildman–Crippen LogP) is 7.01. The number of aryl methyl sites for hydroxylation is 2. The van der Waals surface area contributed by atoms with Crippen molar-refractivity contribution in [3.05, 3.63) is 100 Å². The standard InChI is InChI=1S/C33H40ClN3O4/c1-7-19-37(31(39)27(21-24-15-9-8-10-16-24)35-32(40)41-33(4,5)6)29(25-17-11-13-22(2)20-25)30(38)36-28-23(3)14-12-18-26(28)34/h8-18,20,27,29H,7,19,21H2,1-6H3,(H,35,40)(H,36,38). The number of benzene rings is 3. The molecule has 3 aromatic rings. The minimum Gasteiger partial charge on any atom is -0.444 e. The van der Waals surface area contributed by atoms with Crippen molar-refractivity contribution < 1.29 is 19.1 Å². The van der Waals surface area contributed by atoms with Crippen molar-refractivity contribution in [3.8, 4) is 0 Å². The lowest BCUT2D eigenvalue weighted by molar-refractivity contribution is -0.140. The molecule has 0 saturated carbocycles. The van der Waals surface area contributed by atoms with Gasteiger partial charge in [-0.1, -0.05) is 90.8 Å². The van der Waals surface area contributed by atoms with Crippen molar-refractivity contribution >= 4 is 35.2 Å². The molecule has 0 fully saturated rings. The second kappa shape index (κ2) is 14.2. The van der Waals surface area contributed by atoms with Gasteiger partial charge in [0.2, 0.25) is 5.91 Å². The molecule has 0 aliphatic carbocycles. The number of carbonyl (C=O) groups is 3. The van der Waals surface area contributed by atoms with Crippen LogP contribution in [0.2, 0.25) is 5.02 Å². The fraction of sp³-hybridized carbons (Fsp3) is 0.364. The third kappa shape index (κ3) is 9.08. The van der Waals surface area contributed by atoms with Gasteiger partial charge in [-0.3, -0.25) is 9.59 Å². The van der Waals surface area contributed by atoms with Gasteiger partial charge in [-0.2, -0.15) is 0 Å². The van der Waals surface area contributed by atoms with E-state index in [2.05, 4.69) is 10.6 Å². The highest BCUT2D eigenvalue weighted by atomic mass is 35.5. The monoisotopic (exact) mass is 577 g/mol. The maximum atomic E-state index is 14.4. The summed E-state index contributed by atoms with van der Waals surface area (Å²) < 4.78 is 5.49. The first-order valence-electron chi connectivity index (χ1n) is 13.9. The van der Waals surface area contributed by atoms with Crippen LogP contribution in [0, 0.1) is 13.8 Å². The topological polar surface area (TPSA) is 87.7 Å². The predicted molar refractivity (Wildman–Crippen MR) is 164 cm³/mol. The number of amides is 3. The van der Waals surface area contributed by atoms with Gasteiger partial charge in [0.1, 0.15) is 17.7 Å². The minimum absolute atomic E-state index is 0.227. The maximum Gasteiger partial charge on any atom is 0.408 e. The fourth-order valence-corrected chi connectivity index (χ4v) is 4.87. The highest BCUT2D eigenvalue weighted by molar-refractivity contribution is 6.34. The highest BCUT2D eigenvalue weighted by Gasteiger charge is 2.36. The van der Waals surface area contributed by atoms with Gasteiger partial charge in [0.25, 0.3) is 5.91 Å². The SMILES string of the molecule is CCCN(C(=O)C(Cc1ccccc1)NC(=O)OC(C)(C)C)C(C(=O)Nc1c(C)cccc1Cl)c1cccc(C)c1. The third-order valence-electron chi connectivity index (χ3n) is 6.41. The summed E-state index contributed by atoms with van der Waals surface area (Å²) in [6, 6.07) is 20.4. The summed E-state index contributed by atoms with van der Waals surface area (Å²) in [5, 5.41) is 6.16. The van der Waals surface area contributed by atoms with Crippen LogP contribution in [-0.2, 0) is 20.7 Å². The molecule has 0 aliphatic heterocycles. The Labute approximate surface area is 248 Å². The average molecular weight is 578 g/mol. The molecule has 7 nitrogen and oxygen atoms in total. The quantitative estimate of drug-likeness (QED) is 0.271. The largest absolute Gasteiger partial charge is 0.444 e. The Balaban J connectivity index is 2.06. The van der Waals surface area contributed by atoms with Crippen molar-refractivity contribution in [1.82, 2.24) is 10.2 Å². The van der Waals surface area contributed by atoms with E-state index < -0.39 is 29.7 Å². The smallest absolute Gasteiger partial charge is 0.408 e. The van der Waals surface area contributed by atoms with Crippen LogP contribution < -0.4 is 10.6 Å². The van der Waals surface area contributed by atoms with E-state index in [4.69, 9.17) is 16.3 Å². The number of nitrogens with one attached hydrogen (secondary N) is 2. The van der Waals surface area contributed by atoms with Crippen LogP contribution in [0.5, 0.6) is 0 Å². The van der Waals surface area contributed by atoms with Crippen molar-refractivity contribution in [3.63, 3.8) is 0 Å². The van der Waals surface area contributed by atoms with Crippen LogP contribution in [0.25, 0.3) is 0 Å². The van der Waals surface area contributed by atoms with E-state index in [1.807, 2.05) is 87.5 Å². The van der Waals surface area contributed by atoms with Crippen molar-refractivity contribution in [2.75, 3.05) is 11.9 Å². The van der Waals surface area contributed by atoms with E-state index in [0.29, 0.717) is 22.7 Å². The summed E-state index contributed by atoms with van der Waals surface area (Å²) in [5.74, 6) is -0.788. The number of carbonyl (C=O) groups excluding carboxylic acids is 3. The maximum absolute atomic E-state index is 14.4. The zero-order chi connectivity index (χ0) is 30.2. The number of halogens is 1. The van der Waals surface area contributed by atoms with Gasteiger partial charge in [0, 0.05) is 13.0 Å². The number of anilines is 1. The van der Waals surface area contributed by atoms with Crippen molar-refractivity contribution in [2.45, 2.75) is 72.1 Å². The molecule has 2 atom stereocenters. The van der Waals surface area contributed by atoms with Gasteiger partial charge in [0.15, 0.2) is 0 Å². The second-order valence-corrected chi connectivity index (χ2v) is 11.6. The molecule has 0 saturated heterocycles. The van der Waals surface area contributed by atoms with Gasteiger partial charge >= 0.3 is 6.09 Å². The highest BCUT2D eigenvalue weighted by Crippen LogP contribution is 2.30. The van der Waals surface area contributed by atoms with Crippen LogP contribution in [0.15, 0.2) is 72.8 Å². The molecule has 0 bridgehead atoms. The molecule has 2 unspecified atom stereocenters. The molecule has 41 heavy (non-hydrogen) atoms. The summed E-state index contributed by atoms with van der Waals surface area (Å²) >= 11 is 6.45. The first-order chi connectivity index (χ1) is 19.4. The summed E-state index contributed by atoms with van der Waals surface area (Å²) in [7, 11) is 0. The molecule has 0 spiro atoms. The Bertz CT molecular complexity index is 1330. The van der Waals surface area contributed by atoms with E-state index in [-0.39, 0.29) is 18.9 Å². The van der Waals surface area contributed by atoms with Crippen LogP contribution in [0.3, 0.4) is 0 Å². The number of nitrogens with zero attached hydrogens (tertiary/aromatic N) is 1. The Morgan fingerprint density at radius 1 is 0.951 bits per heavy atom. The zero-order valence-corrected chi connectivity index (χ0v) is 25.4. The van der Waals surface area contributed by atoms with E-state index in [0.717, 1.165) is 16.7 Å². The lowest BCUT2D eigenvalue weighted by Gasteiger charge is -2.34. The van der Waals surface area contributed by atoms with Gasteiger partial charge in [-0.05, 0) is 63.8 Å². The minimum atomic E-state index is -0.975. The zero-order valence-electron chi connectivity index (χ0n) is 24.7. The van der Waals surface area contributed by atoms with Crippen LogP contribution >= 0.6 is 11.6 Å². The summed E-state index contributed by atoms with van der Waals surface area (Å²) in [4.78, 5) is 42.9. The molecule has 218 valence electrons. The Hall–Kier alpha value is -3.84. The number of para-hydroxylation sites is 1. The molecule has 3 rings (SSSR count). The van der Waals surface area contributed by atoms with E-state index in [1.165, 1.54) is 0 Å². The van der Waals surface area contributed by atoms with Crippen LogP contribution in [-0.4, -0.2) is 41.0 Å². The molecular formula is C33H40ClN3O4. The molecular weight excluding hydrogens is 538 g/mol. The number of ether oxygens (including phenoxy) is 1. The van der Waals surface area contributed by atoms with Gasteiger partial charge in [0.05, 0.1) is 10.7 Å². The molecule has 0 radical (unpaired) electrons. The first-order valence-corrected chi connectivity index (χ1v) is 14.2. The fourth-order valence-electron chi connectivity index (χ4n) is 4.60. The number of hydrogen-bond acceptors (Lipinski definition) is 4. The average Bonchev–Trinajstić information content (AvgIpc) is 2.89. The molecule has 2 N–H and O–H groups in total. The summed E-state index contributed by atoms with van der Waals surface area (Å²) in [6.45, 7) is 11.3. The molecule has 3 aromatic carbocycles. The lowest BCUT2D eigenvalue weighted by Crippen LogP contribution is -2.53. The number of rotatable bonds is 10. The number of hydrogen-bond donors (Lipinski definition) is 2. The second-order valence-electron chi connectivity index (χ2n) is 11.2. The molecule has 0 aromatic heterocycles. The van der Waals surface area contributed by atoms with Crippen LogP contribution in [0.1, 0.15) is 62.4 Å². The lowest BCUT2D eigenvalue weighted by atomic mass is 9.98. The Kier molecular flexibility index (Phi) is 11.0. The Morgan fingerprint density at radius 2 is 1.63 bits per heavy atom. The van der Waals surface area contributed by atoms with E-state index in [1.54, 1.807) is 31.7 Å². The molecule has 8 heteroatoms. The molecule has 0 heterocycles. The number of alkyl carbamates (subject to hydrolysis) is 1. The van der Waals surface area contributed by atoms with Crippen LogP contribution in [0.4, 0.5) is 10.5 Å². The van der Waals surface area contributed by atoms with Gasteiger partial charge in [-0.15, -0.1) is 0 Å². The van der Waals surface area contributed by atoms with Gasteiger partial charge < -0.3 is 20.3 Å². The first kappa shape index (κ1) is 31.7. The van der Waals surface area contributed by atoms with E-state index in [9.17, 15) is 14.4 Å². The third-order valence-corrected chi connectivity index (χ3v) is 6.72.